The van der Waals surface area contributed by atoms with Gasteiger partial charge in [-0.25, -0.2) is 0 Å². The summed E-state index contributed by atoms with van der Waals surface area (Å²) in [5.41, 5.74) is 1.08. The second kappa shape index (κ2) is 5.97. The predicted molar refractivity (Wildman–Crippen MR) is 62.5 cm³/mol. The molecule has 94 valence electrons. The van der Waals surface area contributed by atoms with Crippen molar-refractivity contribution in [2.45, 2.75) is 6.54 Å². The number of benzene rings is 1. The maximum Gasteiger partial charge on any atom is 0.269 e. The average Bonchev–Trinajstić information content (AvgIpc) is 2.33. The Morgan fingerprint density at radius 2 is 1.67 bits per heavy atom. The lowest BCUT2D eigenvalue weighted by Crippen LogP contribution is -3.00. The molecule has 0 aliphatic heterocycles. The average molecular weight is 265 g/mol. The number of nitrogens with one attached hydrogen (secondary N) is 1. The molecule has 0 unspecified atom stereocenters. The molecule has 5 nitrogen and oxygen atoms in total. The predicted octanol–water partition coefficient (Wildman–Crippen LogP) is -1.07. The molecule has 1 N–H and O–H groups in total. The molecule has 2 aromatic rings. The maximum atomic E-state index is 10.5. The molecule has 6 heteroatoms. The largest absolute Gasteiger partial charge is 1.00 e. The number of pyridine rings is 1. The lowest BCUT2D eigenvalue weighted by atomic mass is 10.2. The van der Waals surface area contributed by atoms with Crippen LogP contribution in [0.15, 0.2) is 48.8 Å². The second-order valence-electron chi connectivity index (χ2n) is 3.68. The third kappa shape index (κ3) is 3.43. The summed E-state index contributed by atoms with van der Waals surface area (Å²) in [6.45, 7) is 0.637. The van der Waals surface area contributed by atoms with Gasteiger partial charge >= 0.3 is 0 Å². The van der Waals surface area contributed by atoms with Crippen LogP contribution in [0.25, 0.3) is 0 Å². The number of hydrogen-bond donors (Lipinski definition) is 1. The molecule has 1 heterocycles. The van der Waals surface area contributed by atoms with E-state index >= 15 is 0 Å². The van der Waals surface area contributed by atoms with E-state index in [9.17, 15) is 10.1 Å². The van der Waals surface area contributed by atoms with E-state index in [0.717, 1.165) is 5.56 Å². The van der Waals surface area contributed by atoms with Crippen molar-refractivity contribution in [1.29, 1.82) is 5.41 Å². The minimum absolute atomic E-state index is 0. The third-order valence-electron chi connectivity index (χ3n) is 2.40. The molecule has 1 aromatic carbocycles. The number of aromatic nitrogens is 1. The number of nitro groups is 1. The van der Waals surface area contributed by atoms with Crippen LogP contribution in [0.1, 0.15) is 5.56 Å². The van der Waals surface area contributed by atoms with Crippen molar-refractivity contribution < 1.29 is 17.3 Å². The molecular weight excluding hydrogens is 254 g/mol. The smallest absolute Gasteiger partial charge is 0.269 e. The summed E-state index contributed by atoms with van der Waals surface area (Å²) >= 11 is 0. The molecule has 0 saturated heterocycles. The Morgan fingerprint density at radius 3 is 2.17 bits per heavy atom. The van der Waals surface area contributed by atoms with E-state index in [0.29, 0.717) is 11.9 Å². The van der Waals surface area contributed by atoms with Gasteiger partial charge in [-0.2, -0.15) is 0 Å². The molecule has 0 fully saturated rings. The van der Waals surface area contributed by atoms with Crippen molar-refractivity contribution in [3.8, 4) is 0 Å². The Bertz CT molecular complexity index is 573. The van der Waals surface area contributed by atoms with Crippen molar-refractivity contribution in [3.63, 3.8) is 0 Å². The van der Waals surface area contributed by atoms with Gasteiger partial charge in [-0.15, -0.1) is 0 Å². The van der Waals surface area contributed by atoms with E-state index < -0.39 is 4.92 Å². The summed E-state index contributed by atoms with van der Waals surface area (Å²) in [6.07, 6.45) is 3.62. The quantitative estimate of drug-likeness (QED) is 0.566. The first kappa shape index (κ1) is 13.9. The minimum atomic E-state index is -0.411. The minimum Gasteiger partial charge on any atom is -1.00 e. The number of hydrogen-bond acceptors (Lipinski definition) is 3. The Balaban J connectivity index is 0.00000162. The molecule has 0 radical (unpaired) electrons. The number of rotatable bonds is 3. The van der Waals surface area contributed by atoms with Crippen molar-refractivity contribution in [2.24, 2.45) is 0 Å². The monoisotopic (exact) mass is 264 g/mol. The Kier molecular flexibility index (Phi) is 4.62. The van der Waals surface area contributed by atoms with Crippen LogP contribution in [0, 0.1) is 15.5 Å². The van der Waals surface area contributed by atoms with Crippen molar-refractivity contribution >= 4 is 5.69 Å². The molecule has 0 saturated carbocycles. The summed E-state index contributed by atoms with van der Waals surface area (Å²) in [5, 5.41) is 18.3. The van der Waals surface area contributed by atoms with Crippen LogP contribution >= 0.6 is 0 Å². The van der Waals surface area contributed by atoms with Gasteiger partial charge in [0, 0.05) is 31.1 Å². The lowest BCUT2D eigenvalue weighted by molar-refractivity contribution is -0.384. The van der Waals surface area contributed by atoms with E-state index in [2.05, 4.69) is 0 Å². The topological polar surface area (TPSA) is 71.9 Å². The van der Waals surface area contributed by atoms with Crippen LogP contribution in [-0.4, -0.2) is 9.49 Å². The first-order valence-electron chi connectivity index (χ1n) is 5.09. The molecule has 0 aliphatic carbocycles. The molecule has 18 heavy (non-hydrogen) atoms. The second-order valence-corrected chi connectivity index (χ2v) is 3.68. The summed E-state index contributed by atoms with van der Waals surface area (Å²) < 4.78 is 1.92. The third-order valence-corrected chi connectivity index (χ3v) is 2.40. The van der Waals surface area contributed by atoms with E-state index in [1.165, 1.54) is 12.1 Å². The van der Waals surface area contributed by atoms with Crippen LogP contribution in [0.3, 0.4) is 0 Å². The van der Waals surface area contributed by atoms with Gasteiger partial charge in [0.15, 0.2) is 0 Å². The first-order valence-corrected chi connectivity index (χ1v) is 5.09. The van der Waals surface area contributed by atoms with Gasteiger partial charge in [0.2, 0.25) is 0 Å². The van der Waals surface area contributed by atoms with Gasteiger partial charge < -0.3 is 22.4 Å². The standard InChI is InChI=1S/C12H11N3O2.ClH/c13-11-5-7-14(8-6-11)9-10-1-3-12(4-2-10)15(16)17;/h1-8,13H,9H2;1H/p-1. The highest BCUT2D eigenvalue weighted by molar-refractivity contribution is 5.32. The summed E-state index contributed by atoms with van der Waals surface area (Å²) in [6, 6.07) is 9.86. The van der Waals surface area contributed by atoms with Crippen molar-refractivity contribution in [3.05, 3.63) is 69.8 Å². The first-order chi connectivity index (χ1) is 8.15. The van der Waals surface area contributed by atoms with Crippen LogP contribution in [0.2, 0.25) is 0 Å². The van der Waals surface area contributed by atoms with E-state index in [1.807, 2.05) is 17.0 Å². The number of non-ortho nitro benzene ring substituents is 1. The van der Waals surface area contributed by atoms with Crippen LogP contribution < -0.4 is 17.8 Å². The molecule has 0 atom stereocenters. The van der Waals surface area contributed by atoms with Gasteiger partial charge in [-0.05, 0) is 17.7 Å². The highest BCUT2D eigenvalue weighted by atomic mass is 35.5. The van der Waals surface area contributed by atoms with E-state index in [-0.39, 0.29) is 18.1 Å². The molecule has 0 amide bonds. The summed E-state index contributed by atoms with van der Waals surface area (Å²) in [5.74, 6) is 0. The van der Waals surface area contributed by atoms with Gasteiger partial charge in [-0.1, -0.05) is 12.1 Å². The van der Waals surface area contributed by atoms with Crippen molar-refractivity contribution in [2.75, 3.05) is 0 Å². The maximum absolute atomic E-state index is 10.5. The number of halogens is 1. The Hall–Kier alpha value is -2.14. The van der Waals surface area contributed by atoms with Gasteiger partial charge in [-0.3, -0.25) is 10.1 Å². The zero-order valence-corrected chi connectivity index (χ0v) is 10.2. The lowest BCUT2D eigenvalue weighted by Gasteiger charge is -2.05. The molecule has 0 spiro atoms. The zero-order valence-electron chi connectivity index (χ0n) is 9.41. The highest BCUT2D eigenvalue weighted by Crippen LogP contribution is 2.12. The molecule has 1 aromatic heterocycles. The Morgan fingerprint density at radius 1 is 1.11 bits per heavy atom. The summed E-state index contributed by atoms with van der Waals surface area (Å²) in [7, 11) is 0. The molecule has 0 bridgehead atoms. The van der Waals surface area contributed by atoms with Crippen LogP contribution in [-0.2, 0) is 6.54 Å². The zero-order chi connectivity index (χ0) is 12.3. The Labute approximate surface area is 110 Å². The fourth-order valence-electron chi connectivity index (χ4n) is 1.50. The van der Waals surface area contributed by atoms with Gasteiger partial charge in [0.25, 0.3) is 5.69 Å². The highest BCUT2D eigenvalue weighted by Gasteiger charge is 2.03. The van der Waals surface area contributed by atoms with E-state index in [4.69, 9.17) is 5.41 Å². The van der Waals surface area contributed by atoms with E-state index in [1.54, 1.807) is 24.3 Å². The number of nitrogens with zero attached hydrogens (tertiary/aromatic N) is 2. The van der Waals surface area contributed by atoms with Crippen molar-refractivity contribution in [1.82, 2.24) is 4.57 Å². The molecule has 0 aliphatic rings. The van der Waals surface area contributed by atoms with Crippen LogP contribution in [0.5, 0.6) is 0 Å². The molecular formula is C12H11ClN3O2-. The fourth-order valence-corrected chi connectivity index (χ4v) is 1.50. The SMILES string of the molecule is N=c1ccn(Cc2ccc([N+](=O)[O-])cc2)cc1.[Cl-]. The van der Waals surface area contributed by atoms with Crippen LogP contribution in [0.4, 0.5) is 5.69 Å². The summed E-state index contributed by atoms with van der Waals surface area (Å²) in [4.78, 5) is 10.1. The fraction of sp³-hybridized carbons (Fsp3) is 0.0833. The molecule has 2 rings (SSSR count). The normalized spacial score (nSPS) is 9.56. The van der Waals surface area contributed by atoms with Gasteiger partial charge in [0.1, 0.15) is 0 Å². The van der Waals surface area contributed by atoms with Gasteiger partial charge in [0.05, 0.1) is 10.3 Å². The number of nitro benzene ring substituents is 1.